The molecule has 0 aromatic carbocycles. The fourth-order valence-corrected chi connectivity index (χ4v) is 0.417. The molecular weight excluding hydrogens is 179 g/mol. The van der Waals surface area contributed by atoms with E-state index in [0.29, 0.717) is 6.92 Å². The van der Waals surface area contributed by atoms with Crippen LogP contribution in [-0.2, 0) is 4.79 Å². The van der Waals surface area contributed by atoms with E-state index in [2.05, 4.69) is 5.73 Å². The van der Waals surface area contributed by atoms with E-state index in [1.165, 1.54) is 0 Å². The first-order valence-electron chi connectivity index (χ1n) is 2.88. The minimum Gasteiger partial charge on any atom is -0.480 e. The van der Waals surface area contributed by atoms with E-state index in [-0.39, 0.29) is 0 Å². The molecule has 0 spiro atoms. The van der Waals surface area contributed by atoms with Crippen LogP contribution in [0.2, 0.25) is 0 Å². The van der Waals surface area contributed by atoms with Crippen molar-refractivity contribution in [2.75, 3.05) is 0 Å². The largest absolute Gasteiger partial charge is 0.480 e. The topological polar surface area (TPSA) is 83.5 Å². The van der Waals surface area contributed by atoms with Crippen LogP contribution in [0.1, 0.15) is 6.92 Å². The molecule has 0 bridgehead atoms. The maximum Gasteiger partial charge on any atom is 0.419 e. The van der Waals surface area contributed by atoms with Crippen LogP contribution < -0.4 is 5.73 Å². The Hall–Kier alpha value is -0.820. The van der Waals surface area contributed by atoms with Crippen molar-refractivity contribution in [3.63, 3.8) is 0 Å². The van der Waals surface area contributed by atoms with Gasteiger partial charge in [-0.25, -0.2) is 0 Å². The second kappa shape index (κ2) is 2.91. The number of carboxylic acids is 1. The van der Waals surface area contributed by atoms with Crippen molar-refractivity contribution >= 4 is 5.97 Å². The van der Waals surface area contributed by atoms with Gasteiger partial charge in [0.2, 0.25) is 0 Å². The summed E-state index contributed by atoms with van der Waals surface area (Å²) in [5.41, 5.74) is 1.21. The summed E-state index contributed by atoms with van der Waals surface area (Å²) in [4.78, 5) is 10.0. The Kier molecular flexibility index (Phi) is 2.71. The summed E-state index contributed by atoms with van der Waals surface area (Å²) in [6, 6.07) is -2.38. The third-order valence-electron chi connectivity index (χ3n) is 1.45. The number of aliphatic carboxylic acids is 1. The van der Waals surface area contributed by atoms with Crippen LogP contribution in [0.3, 0.4) is 0 Å². The molecule has 0 saturated heterocycles. The van der Waals surface area contributed by atoms with Gasteiger partial charge < -0.3 is 15.9 Å². The smallest absolute Gasteiger partial charge is 0.419 e. The Morgan fingerprint density at radius 2 is 1.83 bits per heavy atom. The zero-order chi connectivity index (χ0) is 10.2. The van der Waals surface area contributed by atoms with E-state index < -0.39 is 23.8 Å². The van der Waals surface area contributed by atoms with Crippen molar-refractivity contribution in [1.82, 2.24) is 0 Å². The fraction of sp³-hybridized carbons (Fsp3) is 0.800. The van der Waals surface area contributed by atoms with Gasteiger partial charge in [0.25, 0.3) is 0 Å². The lowest BCUT2D eigenvalue weighted by Crippen LogP contribution is -2.59. The molecule has 0 aliphatic carbocycles. The molecule has 0 fully saturated rings. The van der Waals surface area contributed by atoms with Crippen molar-refractivity contribution in [3.05, 3.63) is 0 Å². The Balaban J connectivity index is 4.73. The molecule has 7 heteroatoms. The van der Waals surface area contributed by atoms with E-state index in [9.17, 15) is 18.0 Å². The standard InChI is InChI=1S/C5H8F3NO3/c1-4(12,5(6,7)8)2(9)3(10)11/h2,12H,9H2,1H3,(H,10,11). The van der Waals surface area contributed by atoms with Gasteiger partial charge in [-0.05, 0) is 6.92 Å². The van der Waals surface area contributed by atoms with Crippen LogP contribution in [0.5, 0.6) is 0 Å². The summed E-state index contributed by atoms with van der Waals surface area (Å²) in [5, 5.41) is 16.8. The molecule has 0 radical (unpaired) electrons. The van der Waals surface area contributed by atoms with E-state index in [4.69, 9.17) is 10.2 Å². The number of carboxylic acid groups (broad SMARTS) is 1. The second-order valence-electron chi connectivity index (χ2n) is 2.46. The highest BCUT2D eigenvalue weighted by Gasteiger charge is 2.56. The molecule has 4 nitrogen and oxygen atoms in total. The van der Waals surface area contributed by atoms with E-state index in [1.54, 1.807) is 0 Å². The average molecular weight is 187 g/mol. The molecule has 4 N–H and O–H groups in total. The number of halogens is 3. The Morgan fingerprint density at radius 3 is 1.92 bits per heavy atom. The number of rotatable bonds is 2. The molecule has 0 heterocycles. The number of aliphatic hydroxyl groups is 1. The molecule has 2 unspecified atom stereocenters. The predicted molar refractivity (Wildman–Crippen MR) is 32.3 cm³/mol. The first-order chi connectivity index (χ1) is 5.10. The van der Waals surface area contributed by atoms with Gasteiger partial charge in [0.1, 0.15) is 6.04 Å². The zero-order valence-electron chi connectivity index (χ0n) is 6.09. The van der Waals surface area contributed by atoms with Crippen LogP contribution >= 0.6 is 0 Å². The first kappa shape index (κ1) is 11.2. The summed E-state index contributed by atoms with van der Waals surface area (Å²) in [5.74, 6) is -1.91. The van der Waals surface area contributed by atoms with Crippen molar-refractivity contribution in [3.8, 4) is 0 Å². The molecule has 0 aliphatic rings. The highest BCUT2D eigenvalue weighted by molar-refractivity contribution is 5.74. The summed E-state index contributed by atoms with van der Waals surface area (Å²) in [6.07, 6.45) is -5.05. The number of hydrogen-bond donors (Lipinski definition) is 3. The first-order valence-corrected chi connectivity index (χ1v) is 2.88. The molecule has 2 atom stereocenters. The Labute approximate surface area is 65.8 Å². The Bertz CT molecular complexity index is 189. The van der Waals surface area contributed by atoms with Crippen LogP contribution in [0.15, 0.2) is 0 Å². The van der Waals surface area contributed by atoms with Crippen LogP contribution in [0, 0.1) is 0 Å². The van der Waals surface area contributed by atoms with Gasteiger partial charge in [-0.1, -0.05) is 0 Å². The number of alkyl halides is 3. The minimum atomic E-state index is -5.05. The summed E-state index contributed by atoms with van der Waals surface area (Å²) < 4.78 is 35.6. The van der Waals surface area contributed by atoms with Crippen LogP contribution in [0.25, 0.3) is 0 Å². The molecule has 0 aromatic heterocycles. The maximum atomic E-state index is 11.9. The molecular formula is C5H8F3NO3. The average Bonchev–Trinajstić information content (AvgIpc) is 1.83. The minimum absolute atomic E-state index is 0.311. The highest BCUT2D eigenvalue weighted by Crippen LogP contribution is 2.31. The molecule has 0 aromatic rings. The zero-order valence-corrected chi connectivity index (χ0v) is 6.09. The van der Waals surface area contributed by atoms with Crippen molar-refractivity contribution in [2.45, 2.75) is 24.7 Å². The van der Waals surface area contributed by atoms with Gasteiger partial charge in [0.05, 0.1) is 0 Å². The van der Waals surface area contributed by atoms with Gasteiger partial charge >= 0.3 is 12.1 Å². The van der Waals surface area contributed by atoms with Crippen molar-refractivity contribution in [2.24, 2.45) is 5.73 Å². The molecule has 0 rings (SSSR count). The number of nitrogens with two attached hydrogens (primary N) is 1. The van der Waals surface area contributed by atoms with Gasteiger partial charge in [0, 0.05) is 0 Å². The van der Waals surface area contributed by atoms with E-state index in [1.807, 2.05) is 0 Å². The third kappa shape index (κ3) is 1.86. The lowest BCUT2D eigenvalue weighted by Gasteiger charge is -2.29. The lowest BCUT2D eigenvalue weighted by atomic mass is 9.97. The molecule has 12 heavy (non-hydrogen) atoms. The second-order valence-corrected chi connectivity index (χ2v) is 2.46. The third-order valence-corrected chi connectivity index (χ3v) is 1.45. The number of hydrogen-bond acceptors (Lipinski definition) is 3. The lowest BCUT2D eigenvalue weighted by molar-refractivity contribution is -0.260. The highest BCUT2D eigenvalue weighted by atomic mass is 19.4. The van der Waals surface area contributed by atoms with E-state index >= 15 is 0 Å². The Morgan fingerprint density at radius 1 is 1.50 bits per heavy atom. The van der Waals surface area contributed by atoms with Gasteiger partial charge in [0.15, 0.2) is 5.60 Å². The maximum absolute atomic E-state index is 11.9. The molecule has 0 saturated carbocycles. The van der Waals surface area contributed by atoms with Crippen LogP contribution in [0.4, 0.5) is 13.2 Å². The van der Waals surface area contributed by atoms with Gasteiger partial charge in [-0.2, -0.15) is 13.2 Å². The van der Waals surface area contributed by atoms with Crippen molar-refractivity contribution in [1.29, 1.82) is 0 Å². The quantitative estimate of drug-likeness (QED) is 0.554. The SMILES string of the molecule is CC(O)(C(N)C(=O)O)C(F)(F)F. The predicted octanol–water partition coefficient (Wildman–Crippen LogP) is -0.288. The van der Waals surface area contributed by atoms with Crippen LogP contribution in [-0.4, -0.2) is 34.0 Å². The fourth-order valence-electron chi connectivity index (χ4n) is 0.417. The molecule has 0 aliphatic heterocycles. The van der Waals surface area contributed by atoms with Gasteiger partial charge in [-0.3, -0.25) is 4.79 Å². The summed E-state index contributed by atoms with van der Waals surface area (Å²) >= 11 is 0. The monoisotopic (exact) mass is 187 g/mol. The number of carbonyl (C=O) groups is 1. The summed E-state index contributed by atoms with van der Waals surface area (Å²) in [6.45, 7) is 0.311. The van der Waals surface area contributed by atoms with E-state index in [0.717, 1.165) is 0 Å². The molecule has 0 amide bonds. The van der Waals surface area contributed by atoms with Crippen molar-refractivity contribution < 1.29 is 28.2 Å². The molecule has 72 valence electrons. The van der Waals surface area contributed by atoms with Gasteiger partial charge in [-0.15, -0.1) is 0 Å². The normalized spacial score (nSPS) is 19.8. The summed E-state index contributed by atoms with van der Waals surface area (Å²) in [7, 11) is 0.